The number of nitrogens with zero attached hydrogens (tertiary/aromatic N) is 1. The van der Waals surface area contributed by atoms with Crippen molar-refractivity contribution in [1.29, 1.82) is 0 Å². The highest BCUT2D eigenvalue weighted by atomic mass is 19.4. The van der Waals surface area contributed by atoms with Crippen molar-refractivity contribution in [1.82, 2.24) is 4.90 Å². The molecule has 2 aromatic rings. The Bertz CT molecular complexity index is 747. The van der Waals surface area contributed by atoms with Gasteiger partial charge >= 0.3 is 6.18 Å². The number of halogens is 3. The number of nitrogens with one attached hydrogen (secondary N) is 1. The van der Waals surface area contributed by atoms with Crippen LogP contribution in [0, 0.1) is 13.8 Å². The topological polar surface area (TPSA) is 15.3 Å². The molecular formula is C21H25F3N2. The Hall–Kier alpha value is -2.01. The summed E-state index contributed by atoms with van der Waals surface area (Å²) < 4.78 is 39.4. The summed E-state index contributed by atoms with van der Waals surface area (Å²) in [6.07, 6.45) is -2.43. The highest BCUT2D eigenvalue weighted by molar-refractivity contribution is 5.53. The molecule has 1 fully saturated rings. The summed E-state index contributed by atoms with van der Waals surface area (Å²) in [5, 5.41) is 3.60. The van der Waals surface area contributed by atoms with Crippen molar-refractivity contribution in [2.45, 2.75) is 45.5 Å². The summed E-state index contributed by atoms with van der Waals surface area (Å²) in [6.45, 7) is 6.12. The van der Waals surface area contributed by atoms with Crippen LogP contribution in [0.3, 0.4) is 0 Å². The lowest BCUT2D eigenvalue weighted by molar-refractivity contribution is -0.138. The van der Waals surface area contributed by atoms with Gasteiger partial charge in [-0.15, -0.1) is 0 Å². The number of anilines is 1. The third kappa shape index (κ3) is 4.58. The van der Waals surface area contributed by atoms with Crippen molar-refractivity contribution in [2.75, 3.05) is 18.4 Å². The molecule has 2 nitrogen and oxygen atoms in total. The lowest BCUT2D eigenvalue weighted by Gasteiger charge is -2.33. The van der Waals surface area contributed by atoms with E-state index in [1.807, 2.05) is 0 Å². The van der Waals surface area contributed by atoms with Gasteiger partial charge in [0.1, 0.15) is 0 Å². The first kappa shape index (κ1) is 18.8. The molecule has 1 aliphatic heterocycles. The molecule has 0 bridgehead atoms. The summed E-state index contributed by atoms with van der Waals surface area (Å²) in [6, 6.07) is 12.6. The molecule has 1 aliphatic rings. The van der Waals surface area contributed by atoms with Crippen molar-refractivity contribution >= 4 is 5.69 Å². The second-order valence-electron chi connectivity index (χ2n) is 7.17. The fourth-order valence-corrected chi connectivity index (χ4v) is 3.52. The number of aryl methyl sites for hydroxylation is 2. The second kappa shape index (κ2) is 7.70. The average molecular weight is 362 g/mol. The molecule has 0 amide bonds. The summed E-state index contributed by atoms with van der Waals surface area (Å²) in [7, 11) is 0. The number of rotatable bonds is 4. The van der Waals surface area contributed by atoms with Crippen LogP contribution < -0.4 is 5.32 Å². The van der Waals surface area contributed by atoms with Crippen LogP contribution in [-0.2, 0) is 12.7 Å². The molecule has 0 saturated carbocycles. The quantitative estimate of drug-likeness (QED) is 0.783. The Morgan fingerprint density at radius 3 is 2.42 bits per heavy atom. The molecule has 0 unspecified atom stereocenters. The molecular weight excluding hydrogens is 337 g/mol. The largest absolute Gasteiger partial charge is 0.416 e. The standard InChI is InChI=1S/C21H25F3N2/c1-15-7-8-16(2)20(13-15)25-18-9-11-26(12-10-18)14-17-5-3-4-6-19(17)21(22,23)24/h3-8,13,18,25H,9-12,14H2,1-2H3. The van der Waals surface area contributed by atoms with Crippen molar-refractivity contribution in [3.05, 3.63) is 64.7 Å². The molecule has 0 aliphatic carbocycles. The predicted octanol–water partition coefficient (Wildman–Crippen LogP) is 5.40. The third-order valence-corrected chi connectivity index (χ3v) is 5.06. The van der Waals surface area contributed by atoms with E-state index in [0.29, 0.717) is 18.2 Å². The minimum Gasteiger partial charge on any atom is -0.382 e. The molecule has 5 heteroatoms. The molecule has 26 heavy (non-hydrogen) atoms. The summed E-state index contributed by atoms with van der Waals surface area (Å²) in [5.74, 6) is 0. The van der Waals surface area contributed by atoms with Gasteiger partial charge in [-0.2, -0.15) is 13.2 Å². The van der Waals surface area contributed by atoms with Crippen LogP contribution in [0.15, 0.2) is 42.5 Å². The molecule has 2 aromatic carbocycles. The smallest absolute Gasteiger partial charge is 0.382 e. The zero-order valence-electron chi connectivity index (χ0n) is 15.2. The Balaban J connectivity index is 1.59. The van der Waals surface area contributed by atoms with Gasteiger partial charge in [-0.3, -0.25) is 4.90 Å². The normalized spacial score (nSPS) is 16.7. The highest BCUT2D eigenvalue weighted by Crippen LogP contribution is 2.32. The van der Waals surface area contributed by atoms with E-state index in [2.05, 4.69) is 42.3 Å². The SMILES string of the molecule is Cc1ccc(C)c(NC2CCN(Cc3ccccc3C(F)(F)F)CC2)c1. The molecule has 140 valence electrons. The van der Waals surface area contributed by atoms with E-state index >= 15 is 0 Å². The van der Waals surface area contributed by atoms with E-state index in [0.717, 1.165) is 31.6 Å². The lowest BCUT2D eigenvalue weighted by atomic mass is 10.0. The van der Waals surface area contributed by atoms with E-state index in [1.54, 1.807) is 12.1 Å². The number of alkyl halides is 3. The van der Waals surface area contributed by atoms with E-state index in [9.17, 15) is 13.2 Å². The Labute approximate surface area is 153 Å². The predicted molar refractivity (Wildman–Crippen MR) is 99.3 cm³/mol. The van der Waals surface area contributed by atoms with Gasteiger partial charge in [0.05, 0.1) is 5.56 Å². The van der Waals surface area contributed by atoms with Gasteiger partial charge in [0.25, 0.3) is 0 Å². The first-order valence-corrected chi connectivity index (χ1v) is 9.04. The van der Waals surface area contributed by atoms with Gasteiger partial charge in [-0.1, -0.05) is 30.3 Å². The lowest BCUT2D eigenvalue weighted by Crippen LogP contribution is -2.39. The highest BCUT2D eigenvalue weighted by Gasteiger charge is 2.33. The molecule has 0 aromatic heterocycles. The van der Waals surface area contributed by atoms with Crippen LogP contribution in [0.25, 0.3) is 0 Å². The van der Waals surface area contributed by atoms with Gasteiger partial charge in [0, 0.05) is 31.4 Å². The van der Waals surface area contributed by atoms with Crippen LogP contribution in [0.1, 0.15) is 35.1 Å². The van der Waals surface area contributed by atoms with Crippen LogP contribution in [-0.4, -0.2) is 24.0 Å². The second-order valence-corrected chi connectivity index (χ2v) is 7.17. The van der Waals surface area contributed by atoms with Gasteiger partial charge in [0.2, 0.25) is 0 Å². The zero-order chi connectivity index (χ0) is 18.7. The Kier molecular flexibility index (Phi) is 5.56. The minimum atomic E-state index is -4.29. The van der Waals surface area contributed by atoms with E-state index < -0.39 is 11.7 Å². The molecule has 0 atom stereocenters. The maximum Gasteiger partial charge on any atom is 0.416 e. The number of hydrogen-bond acceptors (Lipinski definition) is 2. The van der Waals surface area contributed by atoms with E-state index in [1.165, 1.54) is 23.3 Å². The van der Waals surface area contributed by atoms with Gasteiger partial charge in [-0.05, 0) is 55.5 Å². The summed E-state index contributed by atoms with van der Waals surface area (Å²) in [5.41, 5.74) is 3.44. The fourth-order valence-electron chi connectivity index (χ4n) is 3.52. The first-order chi connectivity index (χ1) is 12.3. The van der Waals surface area contributed by atoms with Crippen molar-refractivity contribution in [3.63, 3.8) is 0 Å². The third-order valence-electron chi connectivity index (χ3n) is 5.06. The molecule has 1 saturated heterocycles. The van der Waals surface area contributed by atoms with Gasteiger partial charge < -0.3 is 5.32 Å². The summed E-state index contributed by atoms with van der Waals surface area (Å²) >= 11 is 0. The average Bonchev–Trinajstić information content (AvgIpc) is 2.59. The number of hydrogen-bond donors (Lipinski definition) is 1. The van der Waals surface area contributed by atoms with E-state index in [4.69, 9.17) is 0 Å². The van der Waals surface area contributed by atoms with Gasteiger partial charge in [0.15, 0.2) is 0 Å². The Morgan fingerprint density at radius 2 is 1.73 bits per heavy atom. The number of benzene rings is 2. The van der Waals surface area contributed by atoms with Crippen LogP contribution in [0.5, 0.6) is 0 Å². The van der Waals surface area contributed by atoms with Crippen LogP contribution in [0.2, 0.25) is 0 Å². The molecule has 0 spiro atoms. The fraction of sp³-hybridized carbons (Fsp3) is 0.429. The van der Waals surface area contributed by atoms with Gasteiger partial charge in [-0.25, -0.2) is 0 Å². The minimum absolute atomic E-state index is 0.353. The maximum absolute atomic E-state index is 13.1. The van der Waals surface area contributed by atoms with Crippen molar-refractivity contribution < 1.29 is 13.2 Å². The van der Waals surface area contributed by atoms with E-state index in [-0.39, 0.29) is 0 Å². The van der Waals surface area contributed by atoms with Crippen LogP contribution >= 0.6 is 0 Å². The number of piperidine rings is 1. The Morgan fingerprint density at radius 1 is 1.04 bits per heavy atom. The molecule has 0 radical (unpaired) electrons. The molecule has 1 N–H and O–H groups in total. The monoisotopic (exact) mass is 362 g/mol. The van der Waals surface area contributed by atoms with Crippen molar-refractivity contribution in [2.24, 2.45) is 0 Å². The van der Waals surface area contributed by atoms with Crippen LogP contribution in [0.4, 0.5) is 18.9 Å². The van der Waals surface area contributed by atoms with Crippen molar-refractivity contribution in [3.8, 4) is 0 Å². The molecule has 1 heterocycles. The summed E-state index contributed by atoms with van der Waals surface area (Å²) in [4.78, 5) is 2.12. The molecule has 3 rings (SSSR count). The zero-order valence-corrected chi connectivity index (χ0v) is 15.2. The number of likely N-dealkylation sites (tertiary alicyclic amines) is 1. The maximum atomic E-state index is 13.1. The first-order valence-electron chi connectivity index (χ1n) is 9.04.